The van der Waals surface area contributed by atoms with Gasteiger partial charge in [-0.05, 0) is 49.1 Å². The summed E-state index contributed by atoms with van der Waals surface area (Å²) in [6.45, 7) is 3.22. The van der Waals surface area contributed by atoms with Gasteiger partial charge in [0.05, 0.1) is 0 Å². The van der Waals surface area contributed by atoms with Gasteiger partial charge < -0.3 is 5.32 Å². The molecule has 1 aromatic carbocycles. The summed E-state index contributed by atoms with van der Waals surface area (Å²) in [6, 6.07) is 6.12. The monoisotopic (exact) mass is 285 g/mol. The number of hydrogen-bond acceptors (Lipinski definition) is 1. The Morgan fingerprint density at radius 1 is 1.33 bits per heavy atom. The summed E-state index contributed by atoms with van der Waals surface area (Å²) in [7, 11) is 0. The van der Waals surface area contributed by atoms with Gasteiger partial charge >= 0.3 is 0 Å². The molecule has 1 atom stereocenters. The zero-order valence-corrected chi connectivity index (χ0v) is 12.4. The summed E-state index contributed by atoms with van der Waals surface area (Å²) < 4.78 is 0. The molecule has 0 aliphatic heterocycles. The Bertz CT molecular complexity index is 388. The molecule has 1 fully saturated rings. The highest BCUT2D eigenvalue weighted by molar-refractivity contribution is 6.33. The van der Waals surface area contributed by atoms with Gasteiger partial charge in [-0.2, -0.15) is 0 Å². The van der Waals surface area contributed by atoms with Crippen LogP contribution in [-0.2, 0) is 0 Å². The third-order valence-electron chi connectivity index (χ3n) is 3.77. The second-order valence-corrected chi connectivity index (χ2v) is 6.05. The second kappa shape index (κ2) is 6.79. The molecule has 0 saturated heterocycles. The molecule has 2 rings (SSSR count). The molecule has 0 bridgehead atoms. The largest absolute Gasteiger partial charge is 0.310 e. The molecule has 0 heterocycles. The van der Waals surface area contributed by atoms with E-state index in [0.717, 1.165) is 34.5 Å². The van der Waals surface area contributed by atoms with E-state index in [0.29, 0.717) is 6.04 Å². The minimum Gasteiger partial charge on any atom is -0.310 e. The van der Waals surface area contributed by atoms with E-state index >= 15 is 0 Å². The highest BCUT2D eigenvalue weighted by Gasteiger charge is 2.24. The Labute approximate surface area is 120 Å². The van der Waals surface area contributed by atoms with Gasteiger partial charge in [0.15, 0.2) is 0 Å². The van der Waals surface area contributed by atoms with Crippen LogP contribution >= 0.6 is 23.2 Å². The summed E-state index contributed by atoms with van der Waals surface area (Å²) in [6.07, 6.45) is 6.43. The average Bonchev–Trinajstić information content (AvgIpc) is 2.31. The van der Waals surface area contributed by atoms with E-state index in [1.807, 2.05) is 18.2 Å². The fourth-order valence-corrected chi connectivity index (χ4v) is 2.91. The Morgan fingerprint density at radius 3 is 2.72 bits per heavy atom. The van der Waals surface area contributed by atoms with Crippen LogP contribution in [0.2, 0.25) is 10.0 Å². The number of nitrogens with one attached hydrogen (secondary N) is 1. The number of halogens is 2. The summed E-state index contributed by atoms with van der Waals surface area (Å²) in [5.74, 6) is 0.856. The van der Waals surface area contributed by atoms with Crippen LogP contribution in [0.4, 0.5) is 0 Å². The summed E-state index contributed by atoms with van der Waals surface area (Å²) in [5.41, 5.74) is 1.16. The molecule has 18 heavy (non-hydrogen) atoms. The average molecular weight is 286 g/mol. The highest BCUT2D eigenvalue weighted by Crippen LogP contribution is 2.37. The smallest absolute Gasteiger partial charge is 0.0454 e. The van der Waals surface area contributed by atoms with Crippen molar-refractivity contribution < 1.29 is 0 Å². The fourth-order valence-electron chi connectivity index (χ4n) is 2.48. The van der Waals surface area contributed by atoms with E-state index < -0.39 is 0 Å². The Balaban J connectivity index is 2.11. The van der Waals surface area contributed by atoms with Crippen molar-refractivity contribution in [3.63, 3.8) is 0 Å². The Kier molecular flexibility index (Phi) is 5.35. The van der Waals surface area contributed by atoms with Crippen molar-refractivity contribution in [2.24, 2.45) is 5.92 Å². The van der Waals surface area contributed by atoms with Crippen molar-refractivity contribution in [3.05, 3.63) is 33.8 Å². The molecule has 1 nitrogen and oxygen atoms in total. The van der Waals surface area contributed by atoms with Crippen LogP contribution in [-0.4, -0.2) is 6.54 Å². The minimum atomic E-state index is 0.349. The Morgan fingerprint density at radius 2 is 2.11 bits per heavy atom. The van der Waals surface area contributed by atoms with Crippen LogP contribution in [0.25, 0.3) is 0 Å². The van der Waals surface area contributed by atoms with Crippen LogP contribution in [0.1, 0.15) is 50.6 Å². The highest BCUT2D eigenvalue weighted by atomic mass is 35.5. The lowest BCUT2D eigenvalue weighted by Crippen LogP contribution is -2.27. The van der Waals surface area contributed by atoms with Crippen LogP contribution in [0, 0.1) is 5.92 Å². The van der Waals surface area contributed by atoms with Gasteiger partial charge in [0.2, 0.25) is 0 Å². The summed E-state index contributed by atoms with van der Waals surface area (Å²) in [5, 5.41) is 5.21. The van der Waals surface area contributed by atoms with Gasteiger partial charge in [-0.1, -0.05) is 49.4 Å². The maximum Gasteiger partial charge on any atom is 0.0454 e. The van der Waals surface area contributed by atoms with Gasteiger partial charge in [-0.25, -0.2) is 0 Å². The maximum absolute atomic E-state index is 6.32. The van der Waals surface area contributed by atoms with E-state index in [4.69, 9.17) is 23.2 Å². The molecule has 1 N–H and O–H groups in total. The first-order chi connectivity index (χ1) is 8.70. The number of rotatable bonds is 6. The zero-order valence-electron chi connectivity index (χ0n) is 10.9. The SMILES string of the molecule is CCCNC(CC1CCC1)c1cc(Cl)ccc1Cl. The van der Waals surface area contributed by atoms with Gasteiger partial charge in [0, 0.05) is 16.1 Å². The molecule has 1 aromatic rings. The predicted molar refractivity (Wildman–Crippen MR) is 79.5 cm³/mol. The van der Waals surface area contributed by atoms with E-state index in [9.17, 15) is 0 Å². The first kappa shape index (κ1) is 14.2. The minimum absolute atomic E-state index is 0.349. The first-order valence-corrected chi connectivity index (χ1v) is 7.64. The van der Waals surface area contributed by atoms with Crippen molar-refractivity contribution in [2.75, 3.05) is 6.54 Å². The lowest BCUT2D eigenvalue weighted by Gasteiger charge is -2.31. The van der Waals surface area contributed by atoms with E-state index in [1.165, 1.54) is 25.7 Å². The zero-order chi connectivity index (χ0) is 13.0. The maximum atomic E-state index is 6.32. The van der Waals surface area contributed by atoms with Crippen LogP contribution in [0.3, 0.4) is 0 Å². The number of hydrogen-bond donors (Lipinski definition) is 1. The van der Waals surface area contributed by atoms with Crippen molar-refractivity contribution in [1.82, 2.24) is 5.32 Å². The molecule has 0 radical (unpaired) electrons. The molecule has 0 amide bonds. The van der Waals surface area contributed by atoms with Crippen molar-refractivity contribution >= 4 is 23.2 Å². The van der Waals surface area contributed by atoms with Crippen LogP contribution < -0.4 is 5.32 Å². The lowest BCUT2D eigenvalue weighted by molar-refractivity contribution is 0.261. The molecule has 0 spiro atoms. The molecule has 100 valence electrons. The van der Waals surface area contributed by atoms with E-state index in [1.54, 1.807) is 0 Å². The lowest BCUT2D eigenvalue weighted by atomic mass is 9.79. The molecule has 1 aliphatic carbocycles. The summed E-state index contributed by atoms with van der Waals surface area (Å²) >= 11 is 12.4. The Hall–Kier alpha value is -0.240. The molecule has 1 aliphatic rings. The van der Waals surface area contributed by atoms with Gasteiger partial charge in [-0.3, -0.25) is 0 Å². The molecule has 1 saturated carbocycles. The molecule has 1 unspecified atom stereocenters. The molecule has 3 heteroatoms. The fraction of sp³-hybridized carbons (Fsp3) is 0.600. The van der Waals surface area contributed by atoms with Crippen LogP contribution in [0.5, 0.6) is 0 Å². The van der Waals surface area contributed by atoms with Crippen molar-refractivity contribution in [2.45, 2.75) is 45.1 Å². The normalized spacial score (nSPS) is 17.5. The third-order valence-corrected chi connectivity index (χ3v) is 4.35. The third kappa shape index (κ3) is 3.63. The van der Waals surface area contributed by atoms with Crippen molar-refractivity contribution in [1.29, 1.82) is 0 Å². The van der Waals surface area contributed by atoms with Gasteiger partial charge in [0.1, 0.15) is 0 Å². The quantitative estimate of drug-likeness (QED) is 0.755. The van der Waals surface area contributed by atoms with Crippen LogP contribution in [0.15, 0.2) is 18.2 Å². The van der Waals surface area contributed by atoms with Gasteiger partial charge in [-0.15, -0.1) is 0 Å². The topological polar surface area (TPSA) is 12.0 Å². The first-order valence-electron chi connectivity index (χ1n) is 6.89. The molecular formula is C15H21Cl2N. The van der Waals surface area contributed by atoms with Gasteiger partial charge in [0.25, 0.3) is 0 Å². The molecular weight excluding hydrogens is 265 g/mol. The number of benzene rings is 1. The second-order valence-electron chi connectivity index (χ2n) is 5.21. The van der Waals surface area contributed by atoms with E-state index in [-0.39, 0.29) is 0 Å². The predicted octanol–water partition coefficient (Wildman–Crippen LogP) is 5.22. The molecule has 0 aromatic heterocycles. The standard InChI is InChI=1S/C15H21Cl2N/c1-2-8-18-15(9-11-4-3-5-11)13-10-12(16)6-7-14(13)17/h6-7,10-11,15,18H,2-5,8-9H2,1H3. The van der Waals surface area contributed by atoms with Crippen molar-refractivity contribution in [3.8, 4) is 0 Å². The van der Waals surface area contributed by atoms with E-state index in [2.05, 4.69) is 12.2 Å². The summed E-state index contributed by atoms with van der Waals surface area (Å²) in [4.78, 5) is 0.